The van der Waals surface area contributed by atoms with E-state index in [-0.39, 0.29) is 7.48 Å². The number of carbonyl (C=O) groups is 1. The Balaban J connectivity index is 2.22. The van der Waals surface area contributed by atoms with Crippen LogP contribution in [0.25, 0.3) is 22.2 Å². The van der Waals surface area contributed by atoms with Crippen molar-refractivity contribution < 1.29 is 18.9 Å². The minimum atomic E-state index is -0.679. The number of ether oxygens (including phenoxy) is 1. The molecule has 0 saturated heterocycles. The molecule has 0 radical (unpaired) electrons. The quantitative estimate of drug-likeness (QED) is 0.729. The summed E-state index contributed by atoms with van der Waals surface area (Å²) in [5.41, 5.74) is 0.926. The van der Waals surface area contributed by atoms with Gasteiger partial charge in [0.2, 0.25) is 0 Å². The Labute approximate surface area is 145 Å². The van der Waals surface area contributed by atoms with E-state index in [0.717, 1.165) is 0 Å². The van der Waals surface area contributed by atoms with Crippen molar-refractivity contribution in [3.8, 4) is 11.3 Å². The normalized spacial score (nSPS) is 11.6. The molecule has 0 fully saturated rings. The van der Waals surface area contributed by atoms with E-state index >= 15 is 0 Å². The van der Waals surface area contributed by atoms with E-state index in [1.54, 1.807) is 51.1 Å². The highest BCUT2D eigenvalue weighted by molar-refractivity contribution is 6.46. The first-order valence-corrected chi connectivity index (χ1v) is 7.90. The summed E-state index contributed by atoms with van der Waals surface area (Å²) >= 11 is 0. The fourth-order valence-corrected chi connectivity index (χ4v) is 2.69. The lowest BCUT2D eigenvalue weighted by Gasteiger charge is -2.20. The van der Waals surface area contributed by atoms with Crippen molar-refractivity contribution in [2.75, 3.05) is 0 Å². The van der Waals surface area contributed by atoms with Crippen molar-refractivity contribution in [2.24, 2.45) is 0 Å². The Morgan fingerprint density at radius 3 is 2.64 bits per heavy atom. The standard InChI is InChI=1S/C18H18BFN2O3/c1-18(2,3)25-17(23)22-14-8-9-21-16(12(14)10-15(22)19-24)11-6-4-5-7-13(11)20/h4-10,19,24H,1-3H3. The molecule has 0 atom stereocenters. The van der Waals surface area contributed by atoms with E-state index in [9.17, 15) is 14.2 Å². The van der Waals surface area contributed by atoms with Crippen LogP contribution in [-0.2, 0) is 4.74 Å². The van der Waals surface area contributed by atoms with Crippen LogP contribution in [0.3, 0.4) is 0 Å². The van der Waals surface area contributed by atoms with Crippen molar-refractivity contribution in [3.63, 3.8) is 0 Å². The first-order valence-electron chi connectivity index (χ1n) is 7.90. The van der Waals surface area contributed by atoms with Crippen LogP contribution in [0, 0.1) is 5.82 Å². The highest BCUT2D eigenvalue weighted by Gasteiger charge is 2.24. The molecule has 0 aliphatic rings. The molecule has 2 heterocycles. The molecule has 0 amide bonds. The third kappa shape index (κ3) is 3.28. The van der Waals surface area contributed by atoms with Gasteiger partial charge in [-0.15, -0.1) is 0 Å². The predicted octanol–water partition coefficient (Wildman–Crippen LogP) is 2.59. The first-order chi connectivity index (χ1) is 11.8. The zero-order valence-corrected chi connectivity index (χ0v) is 14.3. The summed E-state index contributed by atoms with van der Waals surface area (Å²) in [6.45, 7) is 5.30. The Morgan fingerprint density at radius 1 is 1.28 bits per heavy atom. The van der Waals surface area contributed by atoms with Crippen molar-refractivity contribution >= 4 is 30.1 Å². The summed E-state index contributed by atoms with van der Waals surface area (Å²) in [4.78, 5) is 16.8. The van der Waals surface area contributed by atoms with Gasteiger partial charge in [-0.2, -0.15) is 0 Å². The molecular weight excluding hydrogens is 322 g/mol. The number of nitrogens with zero attached hydrogens (tertiary/aromatic N) is 2. The number of benzene rings is 1. The van der Waals surface area contributed by atoms with E-state index in [0.29, 0.717) is 27.8 Å². The van der Waals surface area contributed by atoms with Crippen LogP contribution in [0.2, 0.25) is 0 Å². The average molecular weight is 340 g/mol. The summed E-state index contributed by atoms with van der Waals surface area (Å²) in [6, 6.07) is 9.58. The first kappa shape index (κ1) is 17.2. The third-order valence-corrected chi connectivity index (χ3v) is 3.67. The number of pyridine rings is 1. The second kappa shape index (κ2) is 6.33. The Bertz CT molecular complexity index is 947. The number of aromatic nitrogens is 2. The van der Waals surface area contributed by atoms with Gasteiger partial charge in [0.1, 0.15) is 11.4 Å². The number of carbonyl (C=O) groups excluding carboxylic acids is 1. The topological polar surface area (TPSA) is 64.3 Å². The van der Waals surface area contributed by atoms with Crippen LogP contribution >= 0.6 is 0 Å². The number of hydrogen-bond acceptors (Lipinski definition) is 4. The van der Waals surface area contributed by atoms with E-state index < -0.39 is 17.5 Å². The van der Waals surface area contributed by atoms with Crippen LogP contribution in [-0.4, -0.2) is 33.8 Å². The van der Waals surface area contributed by atoms with Gasteiger partial charge < -0.3 is 9.76 Å². The van der Waals surface area contributed by atoms with Gasteiger partial charge in [-0.3, -0.25) is 9.55 Å². The van der Waals surface area contributed by atoms with E-state index in [2.05, 4.69) is 4.98 Å². The summed E-state index contributed by atoms with van der Waals surface area (Å²) < 4.78 is 20.9. The van der Waals surface area contributed by atoms with Gasteiger partial charge in [0.15, 0.2) is 0 Å². The van der Waals surface area contributed by atoms with Gasteiger partial charge in [-0.05, 0) is 45.0 Å². The molecule has 1 aromatic carbocycles. The van der Waals surface area contributed by atoms with Crippen molar-refractivity contribution in [2.45, 2.75) is 26.4 Å². The smallest absolute Gasteiger partial charge is 0.418 e. The lowest BCUT2D eigenvalue weighted by molar-refractivity contribution is 0.0549. The molecule has 5 nitrogen and oxygen atoms in total. The van der Waals surface area contributed by atoms with E-state index in [1.165, 1.54) is 16.8 Å². The van der Waals surface area contributed by atoms with Crippen LogP contribution < -0.4 is 5.59 Å². The molecule has 2 aromatic heterocycles. The number of halogens is 1. The van der Waals surface area contributed by atoms with Crippen LogP contribution in [0.15, 0.2) is 42.6 Å². The second-order valence-corrected chi connectivity index (χ2v) is 6.68. The van der Waals surface area contributed by atoms with Gasteiger partial charge in [0.25, 0.3) is 0 Å². The molecule has 0 aliphatic heterocycles. The summed E-state index contributed by atoms with van der Waals surface area (Å²) in [6.07, 6.45) is 0.906. The van der Waals surface area contributed by atoms with Gasteiger partial charge in [-0.1, -0.05) is 12.1 Å². The lowest BCUT2D eigenvalue weighted by atomic mass is 9.95. The van der Waals surface area contributed by atoms with Crippen molar-refractivity contribution in [3.05, 3.63) is 48.4 Å². The molecule has 3 rings (SSSR count). The zero-order valence-electron chi connectivity index (χ0n) is 14.3. The number of hydrogen-bond donors (Lipinski definition) is 1. The summed E-state index contributed by atoms with van der Waals surface area (Å²) in [5, 5.41) is 10.2. The molecule has 0 aliphatic carbocycles. The molecule has 128 valence electrons. The van der Waals surface area contributed by atoms with Crippen LogP contribution in [0.4, 0.5) is 9.18 Å². The minimum absolute atomic E-state index is 0.332. The molecule has 3 aromatic rings. The maximum atomic E-state index is 14.2. The third-order valence-electron chi connectivity index (χ3n) is 3.67. The fourth-order valence-electron chi connectivity index (χ4n) is 2.69. The van der Waals surface area contributed by atoms with Gasteiger partial charge in [0.05, 0.1) is 11.2 Å². The summed E-state index contributed by atoms with van der Waals surface area (Å²) in [5.74, 6) is -0.405. The average Bonchev–Trinajstić information content (AvgIpc) is 2.92. The van der Waals surface area contributed by atoms with Crippen LogP contribution in [0.5, 0.6) is 0 Å². The largest absolute Gasteiger partial charge is 0.448 e. The Kier molecular flexibility index (Phi) is 4.35. The Hall–Kier alpha value is -2.67. The van der Waals surface area contributed by atoms with Crippen molar-refractivity contribution in [1.29, 1.82) is 0 Å². The molecule has 1 N–H and O–H groups in total. The number of rotatable bonds is 2. The molecule has 0 spiro atoms. The SMILES string of the molecule is CC(C)(C)OC(=O)n1c(BO)cc2c(-c3ccccc3F)nccc21. The molecule has 7 heteroatoms. The molecule has 0 saturated carbocycles. The van der Waals surface area contributed by atoms with E-state index in [1.807, 2.05) is 0 Å². The maximum absolute atomic E-state index is 14.2. The predicted molar refractivity (Wildman–Crippen MR) is 95.8 cm³/mol. The fraction of sp³-hybridized carbons (Fsp3) is 0.222. The second-order valence-electron chi connectivity index (χ2n) is 6.68. The van der Waals surface area contributed by atoms with Crippen molar-refractivity contribution in [1.82, 2.24) is 9.55 Å². The molecule has 25 heavy (non-hydrogen) atoms. The highest BCUT2D eigenvalue weighted by atomic mass is 19.1. The zero-order chi connectivity index (χ0) is 18.2. The molecule has 0 bridgehead atoms. The lowest BCUT2D eigenvalue weighted by Crippen LogP contribution is -2.34. The highest BCUT2D eigenvalue weighted by Crippen LogP contribution is 2.28. The maximum Gasteiger partial charge on any atom is 0.418 e. The van der Waals surface area contributed by atoms with Gasteiger partial charge in [0, 0.05) is 22.7 Å². The molecular formula is C18H18BFN2O3. The minimum Gasteiger partial charge on any atom is -0.448 e. The molecule has 0 unspecified atom stereocenters. The van der Waals surface area contributed by atoms with E-state index in [4.69, 9.17) is 4.74 Å². The van der Waals surface area contributed by atoms with Crippen LogP contribution in [0.1, 0.15) is 20.8 Å². The number of fused-ring (bicyclic) bond motifs is 1. The monoisotopic (exact) mass is 340 g/mol. The van der Waals surface area contributed by atoms with Gasteiger partial charge in [-0.25, -0.2) is 9.18 Å². The Morgan fingerprint density at radius 2 is 2.00 bits per heavy atom. The van der Waals surface area contributed by atoms with Gasteiger partial charge >= 0.3 is 13.6 Å². The summed E-state index contributed by atoms with van der Waals surface area (Å²) in [7, 11) is -0.357.